The summed E-state index contributed by atoms with van der Waals surface area (Å²) in [4.78, 5) is 0.754. The molecule has 0 unspecified atom stereocenters. The third-order valence-electron chi connectivity index (χ3n) is 2.69. The van der Waals surface area contributed by atoms with Crippen LogP contribution < -0.4 is 5.73 Å². The second-order valence-corrected chi connectivity index (χ2v) is 4.79. The van der Waals surface area contributed by atoms with E-state index in [2.05, 4.69) is 0 Å². The molecule has 1 saturated carbocycles. The van der Waals surface area contributed by atoms with Gasteiger partial charge in [-0.1, -0.05) is 12.1 Å². The number of nitrogens with two attached hydrogens (primary N) is 1. The number of hydrogen-bond acceptors (Lipinski definition) is 2. The van der Waals surface area contributed by atoms with E-state index in [9.17, 15) is 4.39 Å². The average Bonchev–Trinajstić information content (AvgIpc) is 2.84. The highest BCUT2D eigenvalue weighted by atomic mass is 32.2. The zero-order chi connectivity index (χ0) is 10.2. The minimum atomic E-state index is -0.126. The van der Waals surface area contributed by atoms with E-state index < -0.39 is 0 Å². The summed E-state index contributed by atoms with van der Waals surface area (Å²) in [6.45, 7) is 0. The Morgan fingerprint density at radius 3 is 2.79 bits per heavy atom. The molecule has 0 amide bonds. The standard InChI is InChI=1S/C11H14FNS/c1-14-10-8(3-2-4-9(10)12)7-11(13)5-6-11/h2-4H,5-7,13H2,1H3. The smallest absolute Gasteiger partial charge is 0.137 e. The van der Waals surface area contributed by atoms with E-state index in [-0.39, 0.29) is 11.4 Å². The fourth-order valence-electron chi connectivity index (χ4n) is 1.64. The van der Waals surface area contributed by atoms with E-state index >= 15 is 0 Å². The highest BCUT2D eigenvalue weighted by Gasteiger charge is 2.38. The Hall–Kier alpha value is -0.540. The van der Waals surface area contributed by atoms with Gasteiger partial charge in [-0.25, -0.2) is 4.39 Å². The van der Waals surface area contributed by atoms with Gasteiger partial charge in [0, 0.05) is 10.4 Å². The Morgan fingerprint density at radius 2 is 2.21 bits per heavy atom. The van der Waals surface area contributed by atoms with Gasteiger partial charge >= 0.3 is 0 Å². The summed E-state index contributed by atoms with van der Waals surface area (Å²) in [5, 5.41) is 0. The molecule has 0 bridgehead atoms. The second kappa shape index (κ2) is 3.55. The summed E-state index contributed by atoms with van der Waals surface area (Å²) in [7, 11) is 0. The number of hydrogen-bond donors (Lipinski definition) is 1. The normalized spacial score (nSPS) is 18.2. The maximum absolute atomic E-state index is 13.4. The number of rotatable bonds is 3. The van der Waals surface area contributed by atoms with Crippen molar-refractivity contribution in [3.63, 3.8) is 0 Å². The minimum absolute atomic E-state index is 0.0434. The predicted octanol–water partition coefficient (Wildman–Crippen LogP) is 2.58. The van der Waals surface area contributed by atoms with Crippen molar-refractivity contribution in [3.05, 3.63) is 29.6 Å². The number of benzene rings is 1. The molecule has 1 aromatic carbocycles. The van der Waals surface area contributed by atoms with Crippen LogP contribution in [-0.2, 0) is 6.42 Å². The third-order valence-corrected chi connectivity index (χ3v) is 3.55. The van der Waals surface area contributed by atoms with Crippen molar-refractivity contribution in [1.29, 1.82) is 0 Å². The van der Waals surface area contributed by atoms with Crippen LogP contribution in [0.3, 0.4) is 0 Å². The summed E-state index contributed by atoms with van der Waals surface area (Å²) in [5.41, 5.74) is 7.03. The van der Waals surface area contributed by atoms with Gasteiger partial charge < -0.3 is 5.73 Å². The first-order valence-corrected chi connectivity index (χ1v) is 5.97. The van der Waals surface area contributed by atoms with E-state index in [0.717, 1.165) is 29.7 Å². The molecule has 1 fully saturated rings. The van der Waals surface area contributed by atoms with Gasteiger partial charge in [-0.3, -0.25) is 0 Å². The van der Waals surface area contributed by atoms with Gasteiger partial charge in [0.1, 0.15) is 5.82 Å². The molecule has 1 aliphatic rings. The minimum Gasteiger partial charge on any atom is -0.325 e. The summed E-state index contributed by atoms with van der Waals surface area (Å²) in [6, 6.07) is 5.24. The Bertz CT molecular complexity index is 347. The zero-order valence-corrected chi connectivity index (χ0v) is 9.03. The van der Waals surface area contributed by atoms with Gasteiger partial charge in [0.25, 0.3) is 0 Å². The number of halogens is 1. The van der Waals surface area contributed by atoms with Crippen LogP contribution in [0.1, 0.15) is 18.4 Å². The summed E-state index contributed by atoms with van der Waals surface area (Å²) < 4.78 is 13.4. The molecule has 3 heteroatoms. The van der Waals surface area contributed by atoms with Crippen LogP contribution in [0, 0.1) is 5.82 Å². The molecule has 0 aliphatic heterocycles. The van der Waals surface area contributed by atoms with Crippen molar-refractivity contribution >= 4 is 11.8 Å². The van der Waals surface area contributed by atoms with Crippen molar-refractivity contribution in [1.82, 2.24) is 0 Å². The molecule has 0 aromatic heterocycles. The van der Waals surface area contributed by atoms with Crippen LogP contribution >= 0.6 is 11.8 Å². The van der Waals surface area contributed by atoms with E-state index in [4.69, 9.17) is 5.73 Å². The van der Waals surface area contributed by atoms with Crippen LogP contribution in [0.5, 0.6) is 0 Å². The van der Waals surface area contributed by atoms with Crippen molar-refractivity contribution < 1.29 is 4.39 Å². The van der Waals surface area contributed by atoms with Crippen LogP contribution in [0.15, 0.2) is 23.1 Å². The Morgan fingerprint density at radius 1 is 1.50 bits per heavy atom. The third kappa shape index (κ3) is 1.93. The van der Waals surface area contributed by atoms with Crippen molar-refractivity contribution in [3.8, 4) is 0 Å². The van der Waals surface area contributed by atoms with Crippen LogP contribution in [-0.4, -0.2) is 11.8 Å². The largest absolute Gasteiger partial charge is 0.325 e. The lowest BCUT2D eigenvalue weighted by Gasteiger charge is -2.12. The maximum atomic E-state index is 13.4. The van der Waals surface area contributed by atoms with E-state index in [1.54, 1.807) is 6.07 Å². The van der Waals surface area contributed by atoms with Gasteiger partial charge in [-0.2, -0.15) is 0 Å². The molecule has 76 valence electrons. The molecule has 2 rings (SSSR count). The number of thioether (sulfide) groups is 1. The lowest BCUT2D eigenvalue weighted by molar-refractivity contribution is 0.587. The molecule has 2 N–H and O–H groups in total. The van der Waals surface area contributed by atoms with Crippen LogP contribution in [0.4, 0.5) is 4.39 Å². The van der Waals surface area contributed by atoms with Gasteiger partial charge in [0.15, 0.2) is 0 Å². The van der Waals surface area contributed by atoms with E-state index in [0.29, 0.717) is 0 Å². The highest BCUT2D eigenvalue weighted by Crippen LogP contribution is 2.38. The Kier molecular flexibility index (Phi) is 2.54. The summed E-state index contributed by atoms with van der Waals surface area (Å²) >= 11 is 1.46. The first kappa shape index (κ1) is 9.99. The predicted molar refractivity (Wildman–Crippen MR) is 58.0 cm³/mol. The SMILES string of the molecule is CSc1c(F)cccc1CC1(N)CC1. The van der Waals surface area contributed by atoms with Gasteiger partial charge in [0.2, 0.25) is 0 Å². The van der Waals surface area contributed by atoms with E-state index in [1.807, 2.05) is 12.3 Å². The summed E-state index contributed by atoms with van der Waals surface area (Å²) in [6.07, 6.45) is 4.84. The highest BCUT2D eigenvalue weighted by molar-refractivity contribution is 7.98. The van der Waals surface area contributed by atoms with Crippen LogP contribution in [0.25, 0.3) is 0 Å². The molecule has 14 heavy (non-hydrogen) atoms. The van der Waals surface area contributed by atoms with Crippen LogP contribution in [0.2, 0.25) is 0 Å². The molecule has 0 spiro atoms. The van der Waals surface area contributed by atoms with Gasteiger partial charge in [-0.15, -0.1) is 11.8 Å². The second-order valence-electron chi connectivity index (χ2n) is 3.97. The van der Waals surface area contributed by atoms with Gasteiger partial charge in [-0.05, 0) is 37.1 Å². The van der Waals surface area contributed by atoms with Gasteiger partial charge in [0.05, 0.1) is 0 Å². The lowest BCUT2D eigenvalue weighted by Crippen LogP contribution is -2.24. The van der Waals surface area contributed by atoms with E-state index in [1.165, 1.54) is 17.8 Å². The first-order chi connectivity index (χ1) is 6.64. The maximum Gasteiger partial charge on any atom is 0.137 e. The Labute approximate surface area is 87.9 Å². The average molecular weight is 211 g/mol. The topological polar surface area (TPSA) is 26.0 Å². The molecule has 1 aliphatic carbocycles. The fourth-order valence-corrected chi connectivity index (χ4v) is 2.30. The van der Waals surface area contributed by atoms with Crippen molar-refractivity contribution in [2.45, 2.75) is 29.7 Å². The van der Waals surface area contributed by atoms with Crippen molar-refractivity contribution in [2.24, 2.45) is 5.73 Å². The first-order valence-electron chi connectivity index (χ1n) is 4.75. The quantitative estimate of drug-likeness (QED) is 0.778. The fraction of sp³-hybridized carbons (Fsp3) is 0.455. The summed E-state index contributed by atoms with van der Waals surface area (Å²) in [5.74, 6) is -0.126. The molecular weight excluding hydrogens is 197 g/mol. The molecule has 1 aromatic rings. The van der Waals surface area contributed by atoms with Crippen molar-refractivity contribution in [2.75, 3.05) is 6.26 Å². The zero-order valence-electron chi connectivity index (χ0n) is 8.22. The molecule has 0 radical (unpaired) electrons. The molecule has 0 atom stereocenters. The lowest BCUT2D eigenvalue weighted by atomic mass is 10.1. The molecule has 0 heterocycles. The Balaban J connectivity index is 2.27. The molecule has 0 saturated heterocycles. The molecular formula is C11H14FNS. The monoisotopic (exact) mass is 211 g/mol. The molecule has 1 nitrogen and oxygen atoms in total.